The van der Waals surface area contributed by atoms with E-state index in [1.54, 1.807) is 0 Å². The van der Waals surface area contributed by atoms with E-state index in [0.29, 0.717) is 12.8 Å². The van der Waals surface area contributed by atoms with Crippen LogP contribution in [0.15, 0.2) is 0 Å². The fourth-order valence-electron chi connectivity index (χ4n) is 5.78. The maximum Gasteiger partial charge on any atom is 0.472 e. The van der Waals surface area contributed by atoms with Crippen molar-refractivity contribution in [3.8, 4) is 0 Å². The van der Waals surface area contributed by atoms with E-state index in [2.05, 4.69) is 19.2 Å². The summed E-state index contributed by atoms with van der Waals surface area (Å²) in [7, 11) is -4.30. The Morgan fingerprint density at radius 1 is 0.644 bits per heavy atom. The number of amides is 1. The van der Waals surface area contributed by atoms with Crippen molar-refractivity contribution in [1.29, 1.82) is 0 Å². The third kappa shape index (κ3) is 31.8. The SMILES string of the molecule is CCCCCCCCCCCCCCCCCCC(=O)N[C@@H](COP(=O)(O)OCCN)[C@H](O)CCCCCCCCCCCC. The van der Waals surface area contributed by atoms with Crippen molar-refractivity contribution in [3.63, 3.8) is 0 Å². The lowest BCUT2D eigenvalue weighted by molar-refractivity contribution is -0.123. The smallest absolute Gasteiger partial charge is 0.391 e. The molecule has 45 heavy (non-hydrogen) atoms. The highest BCUT2D eigenvalue weighted by Crippen LogP contribution is 2.43. The molecule has 0 aromatic carbocycles. The van der Waals surface area contributed by atoms with E-state index in [0.717, 1.165) is 38.5 Å². The van der Waals surface area contributed by atoms with Crippen LogP contribution in [0, 0.1) is 0 Å². The molecule has 0 aliphatic heterocycles. The number of carbonyl (C=O) groups is 1. The molecule has 0 saturated heterocycles. The molecule has 9 heteroatoms. The number of aliphatic hydroxyl groups excluding tert-OH is 1. The van der Waals surface area contributed by atoms with E-state index in [1.807, 2.05) is 0 Å². The Labute approximate surface area is 278 Å². The average Bonchev–Trinajstić information content (AvgIpc) is 3.02. The Hall–Kier alpha value is -0.500. The predicted molar refractivity (Wildman–Crippen MR) is 189 cm³/mol. The van der Waals surface area contributed by atoms with Crippen LogP contribution in [0.5, 0.6) is 0 Å². The average molecular weight is 663 g/mol. The van der Waals surface area contributed by atoms with Crippen molar-refractivity contribution in [3.05, 3.63) is 0 Å². The number of phosphoric acid groups is 1. The largest absolute Gasteiger partial charge is 0.472 e. The zero-order valence-electron chi connectivity index (χ0n) is 29.6. The van der Waals surface area contributed by atoms with Gasteiger partial charge in [-0.05, 0) is 12.8 Å². The second kappa shape index (κ2) is 33.4. The molecule has 0 aromatic rings. The molecular formula is C36H75N2O6P. The zero-order chi connectivity index (χ0) is 33.3. The van der Waals surface area contributed by atoms with E-state index >= 15 is 0 Å². The maximum absolute atomic E-state index is 12.7. The number of carbonyl (C=O) groups excluding carboxylic acids is 1. The highest BCUT2D eigenvalue weighted by Gasteiger charge is 2.27. The van der Waals surface area contributed by atoms with E-state index in [-0.39, 0.29) is 25.7 Å². The lowest BCUT2D eigenvalue weighted by Crippen LogP contribution is -2.46. The maximum atomic E-state index is 12.7. The van der Waals surface area contributed by atoms with Crippen molar-refractivity contribution in [2.75, 3.05) is 19.8 Å². The van der Waals surface area contributed by atoms with Crippen LogP contribution < -0.4 is 11.1 Å². The van der Waals surface area contributed by atoms with Gasteiger partial charge in [-0.1, -0.05) is 174 Å². The van der Waals surface area contributed by atoms with E-state index < -0.39 is 20.0 Å². The van der Waals surface area contributed by atoms with Crippen LogP contribution in [0.1, 0.15) is 194 Å². The monoisotopic (exact) mass is 663 g/mol. The van der Waals surface area contributed by atoms with Gasteiger partial charge < -0.3 is 21.1 Å². The fourth-order valence-corrected chi connectivity index (χ4v) is 6.54. The number of phosphoric ester groups is 1. The molecule has 5 N–H and O–H groups in total. The van der Waals surface area contributed by atoms with Gasteiger partial charge in [0, 0.05) is 13.0 Å². The van der Waals surface area contributed by atoms with Crippen molar-refractivity contribution in [1.82, 2.24) is 5.32 Å². The Kier molecular flexibility index (Phi) is 33.0. The van der Waals surface area contributed by atoms with Gasteiger partial charge in [-0.15, -0.1) is 0 Å². The molecule has 3 atom stereocenters. The lowest BCUT2D eigenvalue weighted by atomic mass is 10.0. The van der Waals surface area contributed by atoms with Crippen LogP contribution in [0.2, 0.25) is 0 Å². The molecule has 1 amide bonds. The van der Waals surface area contributed by atoms with Crippen molar-refractivity contribution < 1.29 is 28.4 Å². The quantitative estimate of drug-likeness (QED) is 0.0388. The predicted octanol–water partition coefficient (Wildman–Crippen LogP) is 9.89. The molecule has 270 valence electrons. The van der Waals surface area contributed by atoms with Crippen LogP contribution in [-0.2, 0) is 18.4 Å². The molecular weight excluding hydrogens is 587 g/mol. The molecule has 0 aliphatic carbocycles. The Morgan fingerprint density at radius 2 is 1.02 bits per heavy atom. The Morgan fingerprint density at radius 3 is 1.42 bits per heavy atom. The molecule has 0 bridgehead atoms. The molecule has 0 rings (SSSR count). The Balaban J connectivity index is 4.16. The van der Waals surface area contributed by atoms with Crippen LogP contribution in [0.3, 0.4) is 0 Å². The molecule has 0 saturated carbocycles. The van der Waals surface area contributed by atoms with Crippen molar-refractivity contribution in [2.45, 2.75) is 206 Å². The number of rotatable bonds is 36. The Bertz CT molecular complexity index is 684. The normalized spacial score (nSPS) is 14.3. The van der Waals surface area contributed by atoms with Gasteiger partial charge in [0.15, 0.2) is 0 Å². The first-order valence-corrected chi connectivity index (χ1v) is 20.6. The van der Waals surface area contributed by atoms with E-state index in [9.17, 15) is 19.4 Å². The zero-order valence-corrected chi connectivity index (χ0v) is 30.5. The third-order valence-electron chi connectivity index (χ3n) is 8.71. The second-order valence-corrected chi connectivity index (χ2v) is 14.6. The number of hydrogen-bond donors (Lipinski definition) is 4. The number of aliphatic hydroxyl groups is 1. The summed E-state index contributed by atoms with van der Waals surface area (Å²) in [5.74, 6) is -0.160. The summed E-state index contributed by atoms with van der Waals surface area (Å²) in [6.45, 7) is 4.20. The van der Waals surface area contributed by atoms with Crippen molar-refractivity contribution >= 4 is 13.7 Å². The van der Waals surface area contributed by atoms with E-state index in [1.165, 1.54) is 128 Å². The van der Waals surface area contributed by atoms with Crippen LogP contribution >= 0.6 is 7.82 Å². The summed E-state index contributed by atoms with van der Waals surface area (Å²) in [5, 5.41) is 13.7. The van der Waals surface area contributed by atoms with Gasteiger partial charge in [0.05, 0.1) is 25.4 Å². The summed E-state index contributed by atoms with van der Waals surface area (Å²) < 4.78 is 22.1. The number of nitrogens with one attached hydrogen (secondary N) is 1. The molecule has 0 aliphatic rings. The summed E-state index contributed by atoms with van der Waals surface area (Å²) in [6.07, 6.45) is 32.5. The molecule has 0 radical (unpaired) electrons. The van der Waals surface area contributed by atoms with Gasteiger partial charge in [-0.25, -0.2) is 4.57 Å². The van der Waals surface area contributed by atoms with Gasteiger partial charge in [0.1, 0.15) is 0 Å². The molecule has 8 nitrogen and oxygen atoms in total. The molecule has 0 aromatic heterocycles. The topological polar surface area (TPSA) is 131 Å². The highest BCUT2D eigenvalue weighted by molar-refractivity contribution is 7.47. The standard InChI is InChI=1S/C36H75N2O6P/c1-3-5-7-9-11-13-15-16-17-18-19-20-22-24-26-28-30-36(40)38-34(33-44-45(41,42)43-32-31-37)35(39)29-27-25-23-21-14-12-10-8-6-4-2/h34-35,39H,3-33,37H2,1-2H3,(H,38,40)(H,41,42)/t34-,35+/m0/s1. The summed E-state index contributed by atoms with van der Waals surface area (Å²) in [6, 6.07) is -0.765. The van der Waals surface area contributed by atoms with Gasteiger partial charge in [0.25, 0.3) is 0 Å². The van der Waals surface area contributed by atoms with Gasteiger partial charge >= 0.3 is 7.82 Å². The molecule has 1 unspecified atom stereocenters. The second-order valence-electron chi connectivity index (χ2n) is 13.2. The summed E-state index contributed by atoms with van der Waals surface area (Å²) in [4.78, 5) is 22.6. The van der Waals surface area contributed by atoms with Crippen molar-refractivity contribution in [2.24, 2.45) is 5.73 Å². The number of nitrogens with two attached hydrogens (primary N) is 1. The van der Waals surface area contributed by atoms with Gasteiger partial charge in [-0.2, -0.15) is 0 Å². The summed E-state index contributed by atoms with van der Waals surface area (Å²) >= 11 is 0. The summed E-state index contributed by atoms with van der Waals surface area (Å²) in [5.41, 5.74) is 5.35. The van der Waals surface area contributed by atoms with Crippen LogP contribution in [0.25, 0.3) is 0 Å². The minimum Gasteiger partial charge on any atom is -0.391 e. The molecule has 0 fully saturated rings. The minimum atomic E-state index is -4.30. The molecule has 0 spiro atoms. The van der Waals surface area contributed by atoms with Crippen LogP contribution in [-0.4, -0.2) is 47.8 Å². The van der Waals surface area contributed by atoms with Crippen LogP contribution in [0.4, 0.5) is 0 Å². The third-order valence-corrected chi connectivity index (χ3v) is 9.70. The van der Waals surface area contributed by atoms with E-state index in [4.69, 9.17) is 14.8 Å². The number of hydrogen-bond acceptors (Lipinski definition) is 6. The number of unbranched alkanes of at least 4 members (excludes halogenated alkanes) is 24. The lowest BCUT2D eigenvalue weighted by Gasteiger charge is -2.25. The first-order chi connectivity index (χ1) is 21.9. The first-order valence-electron chi connectivity index (χ1n) is 19.2. The minimum absolute atomic E-state index is 0.0920. The highest BCUT2D eigenvalue weighted by atomic mass is 31.2. The van der Waals surface area contributed by atoms with Gasteiger partial charge in [-0.3, -0.25) is 13.8 Å². The first kappa shape index (κ1) is 44.5. The van der Waals surface area contributed by atoms with Gasteiger partial charge in [0.2, 0.25) is 5.91 Å². The molecule has 0 heterocycles. The fraction of sp³-hybridized carbons (Fsp3) is 0.972.